The van der Waals surface area contributed by atoms with Gasteiger partial charge in [0, 0.05) is 17.8 Å². The van der Waals surface area contributed by atoms with Crippen molar-refractivity contribution in [2.24, 2.45) is 5.73 Å². The molecule has 5 nitrogen and oxygen atoms in total. The number of aromatic nitrogens is 1. The number of carbonyl (C=O) groups is 1. The predicted octanol–water partition coefficient (Wildman–Crippen LogP) is 4.34. The Hall–Kier alpha value is -2.67. The fraction of sp³-hybridized carbons (Fsp3) is 0.263. The van der Waals surface area contributed by atoms with Gasteiger partial charge in [-0.15, -0.1) is 0 Å². The van der Waals surface area contributed by atoms with Crippen molar-refractivity contribution in [3.05, 3.63) is 64.4 Å². The van der Waals surface area contributed by atoms with E-state index in [2.05, 4.69) is 10.3 Å². The van der Waals surface area contributed by atoms with E-state index < -0.39 is 17.6 Å². The summed E-state index contributed by atoms with van der Waals surface area (Å²) >= 11 is 6.01. The molecular weight excluding hydrogens is 376 g/mol. The first kappa shape index (κ1) is 20.6. The molecule has 0 aliphatic carbocycles. The van der Waals surface area contributed by atoms with E-state index in [0.29, 0.717) is 17.9 Å². The summed E-state index contributed by atoms with van der Waals surface area (Å²) in [6, 6.07) is 5.84. The highest BCUT2D eigenvalue weighted by atomic mass is 35.5. The Morgan fingerprint density at radius 3 is 2.70 bits per heavy atom. The smallest absolute Gasteiger partial charge is 0.316 e. The molecule has 0 unspecified atom stereocenters. The Morgan fingerprint density at radius 2 is 2.15 bits per heavy atom. The van der Waals surface area contributed by atoms with E-state index in [9.17, 15) is 13.6 Å². The Morgan fingerprint density at radius 1 is 1.41 bits per heavy atom. The lowest BCUT2D eigenvalue weighted by atomic mass is 10.0. The molecule has 3 N–H and O–H groups in total. The standard InChI is InChI=1S/C19H20ClF2N3O2/c1-3-27-14-7-8-15(16(20)10-14)19(21,22)17-9-6-13(11-24-17)5-4-12(2)25-18(23)26/h4-12H,3H2,1-2H3,(H3,23,25,26)/t12-/m0/s1. The highest BCUT2D eigenvalue weighted by molar-refractivity contribution is 6.31. The molecule has 144 valence electrons. The average Bonchev–Trinajstić information content (AvgIpc) is 2.60. The summed E-state index contributed by atoms with van der Waals surface area (Å²) in [5.41, 5.74) is 4.86. The summed E-state index contributed by atoms with van der Waals surface area (Å²) in [4.78, 5) is 14.6. The first-order valence-electron chi connectivity index (χ1n) is 8.25. The minimum Gasteiger partial charge on any atom is -0.494 e. The molecule has 1 aromatic carbocycles. The maximum absolute atomic E-state index is 14.8. The van der Waals surface area contributed by atoms with E-state index >= 15 is 0 Å². The van der Waals surface area contributed by atoms with Gasteiger partial charge in [0.05, 0.1) is 11.6 Å². The van der Waals surface area contributed by atoms with Crippen molar-refractivity contribution in [3.8, 4) is 5.75 Å². The lowest BCUT2D eigenvalue weighted by Crippen LogP contribution is -2.35. The number of amides is 2. The van der Waals surface area contributed by atoms with Gasteiger partial charge >= 0.3 is 12.0 Å². The van der Waals surface area contributed by atoms with Crippen molar-refractivity contribution >= 4 is 23.7 Å². The fourth-order valence-corrected chi connectivity index (χ4v) is 2.65. The van der Waals surface area contributed by atoms with Crippen LogP contribution >= 0.6 is 11.6 Å². The molecule has 1 heterocycles. The first-order chi connectivity index (χ1) is 12.7. The number of urea groups is 1. The second kappa shape index (κ2) is 8.81. The van der Waals surface area contributed by atoms with E-state index in [1.165, 1.54) is 36.5 Å². The highest BCUT2D eigenvalue weighted by Gasteiger charge is 2.37. The van der Waals surface area contributed by atoms with Crippen LogP contribution in [0, 0.1) is 0 Å². The zero-order chi connectivity index (χ0) is 20.0. The molecule has 2 aromatic rings. The number of alkyl halides is 2. The molecule has 1 aromatic heterocycles. The molecule has 1 atom stereocenters. The van der Waals surface area contributed by atoms with Gasteiger partial charge in [-0.3, -0.25) is 4.98 Å². The molecule has 27 heavy (non-hydrogen) atoms. The summed E-state index contributed by atoms with van der Waals surface area (Å²) in [5.74, 6) is -2.93. The van der Waals surface area contributed by atoms with Crippen LogP contribution in [0.1, 0.15) is 30.7 Å². The molecule has 0 saturated carbocycles. The van der Waals surface area contributed by atoms with E-state index in [1.807, 2.05) is 0 Å². The number of hydrogen-bond donors (Lipinski definition) is 2. The number of ether oxygens (including phenoxy) is 1. The van der Waals surface area contributed by atoms with E-state index in [-0.39, 0.29) is 16.6 Å². The van der Waals surface area contributed by atoms with E-state index in [1.54, 1.807) is 26.0 Å². The fourth-order valence-electron chi connectivity index (χ4n) is 2.36. The monoisotopic (exact) mass is 395 g/mol. The second-order valence-corrected chi connectivity index (χ2v) is 6.19. The largest absolute Gasteiger partial charge is 0.494 e. The van der Waals surface area contributed by atoms with Crippen molar-refractivity contribution in [3.63, 3.8) is 0 Å². The number of nitrogens with two attached hydrogens (primary N) is 1. The number of nitrogens with zero attached hydrogens (tertiary/aromatic N) is 1. The van der Waals surface area contributed by atoms with Gasteiger partial charge in [0.1, 0.15) is 11.4 Å². The molecule has 0 spiro atoms. The number of benzene rings is 1. The Labute approximate surface area is 161 Å². The topological polar surface area (TPSA) is 77.2 Å². The molecule has 0 aliphatic heterocycles. The summed E-state index contributed by atoms with van der Waals surface area (Å²) in [5, 5.41) is 2.38. The van der Waals surface area contributed by atoms with Crippen molar-refractivity contribution in [1.82, 2.24) is 10.3 Å². The van der Waals surface area contributed by atoms with Crippen molar-refractivity contribution < 1.29 is 18.3 Å². The number of carbonyl (C=O) groups excluding carboxylic acids is 1. The van der Waals surface area contributed by atoms with Crippen LogP contribution < -0.4 is 15.8 Å². The lowest BCUT2D eigenvalue weighted by molar-refractivity contribution is 0.0381. The van der Waals surface area contributed by atoms with Gasteiger partial charge in [0.15, 0.2) is 0 Å². The minimum absolute atomic E-state index is 0.0944. The highest BCUT2D eigenvalue weighted by Crippen LogP contribution is 2.39. The summed E-state index contributed by atoms with van der Waals surface area (Å²) in [7, 11) is 0. The lowest BCUT2D eigenvalue weighted by Gasteiger charge is -2.18. The third kappa shape index (κ3) is 5.40. The maximum atomic E-state index is 14.8. The number of primary amides is 1. The van der Waals surface area contributed by atoms with Crippen LogP contribution in [0.25, 0.3) is 6.08 Å². The molecule has 2 amide bonds. The number of pyridine rings is 1. The van der Waals surface area contributed by atoms with Gasteiger partial charge in [-0.05, 0) is 43.7 Å². The zero-order valence-electron chi connectivity index (χ0n) is 14.9. The van der Waals surface area contributed by atoms with E-state index in [0.717, 1.165) is 0 Å². The minimum atomic E-state index is -3.36. The van der Waals surface area contributed by atoms with Crippen LogP contribution in [0.5, 0.6) is 5.75 Å². The Balaban J connectivity index is 2.20. The number of hydrogen-bond acceptors (Lipinski definition) is 3. The number of rotatable bonds is 7. The summed E-state index contributed by atoms with van der Waals surface area (Å²) in [6.45, 7) is 3.93. The molecule has 0 saturated heterocycles. The van der Waals surface area contributed by atoms with Crippen molar-refractivity contribution in [2.75, 3.05) is 6.61 Å². The van der Waals surface area contributed by atoms with Crippen LogP contribution in [-0.4, -0.2) is 23.7 Å². The van der Waals surface area contributed by atoms with Crippen LogP contribution in [0.3, 0.4) is 0 Å². The van der Waals surface area contributed by atoms with Crippen LogP contribution in [-0.2, 0) is 5.92 Å². The van der Waals surface area contributed by atoms with E-state index in [4.69, 9.17) is 22.1 Å². The van der Waals surface area contributed by atoms with Crippen molar-refractivity contribution in [2.45, 2.75) is 25.8 Å². The van der Waals surface area contributed by atoms with Crippen molar-refractivity contribution in [1.29, 1.82) is 0 Å². The Bertz CT molecular complexity index is 826. The molecular formula is C19H20ClF2N3O2. The molecule has 0 aliphatic rings. The first-order valence-corrected chi connectivity index (χ1v) is 8.63. The average molecular weight is 396 g/mol. The molecule has 8 heteroatoms. The molecule has 0 fully saturated rings. The molecule has 0 radical (unpaired) electrons. The third-order valence-corrected chi connectivity index (χ3v) is 3.96. The number of halogens is 3. The summed E-state index contributed by atoms with van der Waals surface area (Å²) in [6.07, 6.45) is 4.64. The number of nitrogens with one attached hydrogen (secondary N) is 1. The van der Waals surface area contributed by atoms with Crippen LogP contribution in [0.2, 0.25) is 5.02 Å². The van der Waals surface area contributed by atoms with Crippen LogP contribution in [0.4, 0.5) is 13.6 Å². The van der Waals surface area contributed by atoms with Gasteiger partial charge in [-0.2, -0.15) is 8.78 Å². The quantitative estimate of drug-likeness (QED) is 0.731. The van der Waals surface area contributed by atoms with Gasteiger partial charge in [-0.1, -0.05) is 29.8 Å². The normalized spacial score (nSPS) is 12.8. The van der Waals surface area contributed by atoms with Gasteiger partial charge in [0.2, 0.25) is 0 Å². The predicted molar refractivity (Wildman–Crippen MR) is 101 cm³/mol. The van der Waals surface area contributed by atoms with Gasteiger partial charge in [0.25, 0.3) is 0 Å². The van der Waals surface area contributed by atoms with Crippen LogP contribution in [0.15, 0.2) is 42.6 Å². The summed E-state index contributed by atoms with van der Waals surface area (Å²) < 4.78 is 34.8. The maximum Gasteiger partial charge on any atom is 0.316 e. The Kier molecular flexibility index (Phi) is 6.74. The third-order valence-electron chi connectivity index (χ3n) is 3.65. The zero-order valence-corrected chi connectivity index (χ0v) is 15.6. The SMILES string of the molecule is CCOc1ccc(C(F)(F)c2ccc(C=C[C@H](C)NC(N)=O)cn2)c(Cl)c1. The second-order valence-electron chi connectivity index (χ2n) is 5.78. The molecule has 2 rings (SSSR count). The van der Waals surface area contributed by atoms with Gasteiger partial charge in [-0.25, -0.2) is 4.79 Å². The van der Waals surface area contributed by atoms with Gasteiger partial charge < -0.3 is 15.8 Å². The molecule has 0 bridgehead atoms.